The first-order chi connectivity index (χ1) is 14.2. The minimum atomic E-state index is -0.238. The minimum absolute atomic E-state index is 0.238. The molecule has 1 aliphatic heterocycles. The molecule has 6 heteroatoms. The molecule has 2 aromatic carbocycles. The van der Waals surface area contributed by atoms with E-state index in [1.165, 1.54) is 24.5 Å². The molecule has 156 valence electrons. The Kier molecular flexibility index (Phi) is 8.02. The Morgan fingerprint density at radius 3 is 2.76 bits per heavy atom. The van der Waals surface area contributed by atoms with E-state index < -0.39 is 0 Å². The largest absolute Gasteiger partial charge is 0.380 e. The monoisotopic (exact) mass is 398 g/mol. The third kappa shape index (κ3) is 6.27. The lowest BCUT2D eigenvalue weighted by atomic mass is 10.1. The summed E-state index contributed by atoms with van der Waals surface area (Å²) >= 11 is 0. The van der Waals surface area contributed by atoms with Gasteiger partial charge in [0.1, 0.15) is 5.82 Å². The minimum Gasteiger partial charge on any atom is -0.380 e. The molecule has 0 radical (unpaired) electrons. The van der Waals surface area contributed by atoms with Crippen LogP contribution in [0.4, 0.5) is 4.39 Å². The quantitative estimate of drug-likeness (QED) is 0.529. The van der Waals surface area contributed by atoms with Crippen molar-refractivity contribution in [1.82, 2.24) is 15.5 Å². The summed E-state index contributed by atoms with van der Waals surface area (Å²) in [4.78, 5) is 6.86. The molecule has 3 rings (SSSR count). The van der Waals surface area contributed by atoms with E-state index in [4.69, 9.17) is 4.74 Å². The first-order valence-corrected chi connectivity index (χ1v) is 10.2. The summed E-state index contributed by atoms with van der Waals surface area (Å²) < 4.78 is 18.8. The van der Waals surface area contributed by atoms with Crippen molar-refractivity contribution in [3.63, 3.8) is 0 Å². The fraction of sp³-hybridized carbons (Fsp3) is 0.435. The van der Waals surface area contributed by atoms with Gasteiger partial charge < -0.3 is 15.4 Å². The maximum absolute atomic E-state index is 13.8. The Balaban J connectivity index is 1.49. The molecule has 0 bridgehead atoms. The highest BCUT2D eigenvalue weighted by molar-refractivity contribution is 5.79. The molecule has 2 N–H and O–H groups in total. The number of rotatable bonds is 8. The molecule has 0 saturated carbocycles. The van der Waals surface area contributed by atoms with Gasteiger partial charge in [-0.25, -0.2) is 4.39 Å². The average molecular weight is 399 g/mol. The van der Waals surface area contributed by atoms with Crippen molar-refractivity contribution in [1.29, 1.82) is 0 Å². The lowest BCUT2D eigenvalue weighted by molar-refractivity contribution is 0.181. The van der Waals surface area contributed by atoms with Gasteiger partial charge >= 0.3 is 0 Å². The molecule has 5 nitrogen and oxygen atoms in total. The standard InChI is InChI=1S/C23H31FN4O/c1-25-23(26-14-19-10-11-22(24)20(13-19)17-29-2)27-15-21-9-6-12-28(21)16-18-7-4-3-5-8-18/h3-5,7-8,10-11,13,21H,6,9,12,14-17H2,1-2H3,(H2,25,26,27). The van der Waals surface area contributed by atoms with Gasteiger partial charge in [0.25, 0.3) is 0 Å². The van der Waals surface area contributed by atoms with Gasteiger partial charge in [-0.3, -0.25) is 9.89 Å². The second kappa shape index (κ2) is 10.9. The Morgan fingerprint density at radius 2 is 2.00 bits per heavy atom. The van der Waals surface area contributed by atoms with E-state index in [0.29, 0.717) is 18.2 Å². The predicted octanol–water partition coefficient (Wildman–Crippen LogP) is 3.30. The second-order valence-corrected chi connectivity index (χ2v) is 7.42. The summed E-state index contributed by atoms with van der Waals surface area (Å²) in [6.45, 7) is 3.81. The van der Waals surface area contributed by atoms with E-state index in [1.807, 2.05) is 6.07 Å². The van der Waals surface area contributed by atoms with Crippen LogP contribution in [-0.2, 0) is 24.4 Å². The molecule has 1 heterocycles. The highest BCUT2D eigenvalue weighted by Gasteiger charge is 2.24. The van der Waals surface area contributed by atoms with E-state index in [-0.39, 0.29) is 12.4 Å². The number of likely N-dealkylation sites (tertiary alicyclic amines) is 1. The number of hydrogen-bond acceptors (Lipinski definition) is 3. The van der Waals surface area contributed by atoms with Gasteiger partial charge in [0.15, 0.2) is 5.96 Å². The molecule has 0 aromatic heterocycles. The second-order valence-electron chi connectivity index (χ2n) is 7.42. The topological polar surface area (TPSA) is 48.9 Å². The number of nitrogens with zero attached hydrogens (tertiary/aromatic N) is 2. The third-order valence-electron chi connectivity index (χ3n) is 5.33. The number of hydrogen-bond donors (Lipinski definition) is 2. The van der Waals surface area contributed by atoms with E-state index in [2.05, 4.69) is 50.9 Å². The first kappa shape index (κ1) is 21.3. The van der Waals surface area contributed by atoms with Crippen LogP contribution in [0, 0.1) is 5.82 Å². The van der Waals surface area contributed by atoms with Crippen LogP contribution in [0.25, 0.3) is 0 Å². The zero-order chi connectivity index (χ0) is 20.5. The Labute approximate surface area is 173 Å². The average Bonchev–Trinajstić information content (AvgIpc) is 3.18. The van der Waals surface area contributed by atoms with Crippen LogP contribution in [0.2, 0.25) is 0 Å². The van der Waals surface area contributed by atoms with Crippen LogP contribution in [-0.4, -0.2) is 44.1 Å². The molecule has 29 heavy (non-hydrogen) atoms. The fourth-order valence-corrected chi connectivity index (χ4v) is 3.78. The normalized spacial score (nSPS) is 17.5. The number of aliphatic imine (C=N–C) groups is 1. The van der Waals surface area contributed by atoms with Gasteiger partial charge in [-0.05, 0) is 42.6 Å². The van der Waals surface area contributed by atoms with Gasteiger partial charge in [0.05, 0.1) is 6.61 Å². The van der Waals surface area contributed by atoms with Crippen LogP contribution in [0.15, 0.2) is 53.5 Å². The molecule has 2 aromatic rings. The van der Waals surface area contributed by atoms with Gasteiger partial charge in [0.2, 0.25) is 0 Å². The van der Waals surface area contributed by atoms with Gasteiger partial charge in [0, 0.05) is 45.4 Å². The molecule has 1 atom stereocenters. The van der Waals surface area contributed by atoms with Crippen molar-refractivity contribution in [2.24, 2.45) is 4.99 Å². The molecule has 0 amide bonds. The lowest BCUT2D eigenvalue weighted by Gasteiger charge is -2.25. The van der Waals surface area contributed by atoms with Crippen LogP contribution in [0.3, 0.4) is 0 Å². The number of methoxy groups -OCH3 is 1. The summed E-state index contributed by atoms with van der Waals surface area (Å²) in [5.41, 5.74) is 2.91. The predicted molar refractivity (Wildman–Crippen MR) is 115 cm³/mol. The molecule has 0 aliphatic carbocycles. The van der Waals surface area contributed by atoms with Crippen molar-refractivity contribution in [3.05, 3.63) is 71.0 Å². The van der Waals surface area contributed by atoms with Crippen molar-refractivity contribution >= 4 is 5.96 Å². The Morgan fingerprint density at radius 1 is 1.17 bits per heavy atom. The number of benzene rings is 2. The molecular weight excluding hydrogens is 367 g/mol. The summed E-state index contributed by atoms with van der Waals surface area (Å²) in [7, 11) is 3.34. The van der Waals surface area contributed by atoms with Crippen molar-refractivity contribution < 1.29 is 9.13 Å². The van der Waals surface area contributed by atoms with Crippen molar-refractivity contribution in [2.75, 3.05) is 27.2 Å². The summed E-state index contributed by atoms with van der Waals surface area (Å²) in [6, 6.07) is 16.2. The highest BCUT2D eigenvalue weighted by atomic mass is 19.1. The number of nitrogens with one attached hydrogen (secondary N) is 2. The van der Waals surface area contributed by atoms with Crippen LogP contribution in [0.1, 0.15) is 29.5 Å². The lowest BCUT2D eigenvalue weighted by Crippen LogP contribution is -2.44. The van der Waals surface area contributed by atoms with E-state index in [0.717, 1.165) is 31.2 Å². The Hall–Kier alpha value is -2.44. The molecule has 1 saturated heterocycles. The SMILES string of the molecule is CN=C(NCc1ccc(F)c(COC)c1)NCC1CCCN1Cc1ccccc1. The smallest absolute Gasteiger partial charge is 0.191 e. The maximum atomic E-state index is 13.8. The van der Waals surface area contributed by atoms with Gasteiger partial charge in [-0.2, -0.15) is 0 Å². The van der Waals surface area contributed by atoms with Crippen LogP contribution < -0.4 is 10.6 Å². The molecule has 1 fully saturated rings. The molecule has 1 unspecified atom stereocenters. The number of ether oxygens (including phenoxy) is 1. The van der Waals surface area contributed by atoms with Gasteiger partial charge in [-0.1, -0.05) is 36.4 Å². The zero-order valence-electron chi connectivity index (χ0n) is 17.3. The fourth-order valence-electron chi connectivity index (χ4n) is 3.78. The van der Waals surface area contributed by atoms with E-state index >= 15 is 0 Å². The van der Waals surface area contributed by atoms with Gasteiger partial charge in [-0.15, -0.1) is 0 Å². The molecule has 1 aliphatic rings. The maximum Gasteiger partial charge on any atom is 0.191 e. The van der Waals surface area contributed by atoms with Crippen molar-refractivity contribution in [3.8, 4) is 0 Å². The summed E-state index contributed by atoms with van der Waals surface area (Å²) in [5.74, 6) is 0.520. The van der Waals surface area contributed by atoms with Crippen LogP contribution in [0.5, 0.6) is 0 Å². The van der Waals surface area contributed by atoms with Crippen LogP contribution >= 0.6 is 0 Å². The van der Waals surface area contributed by atoms with E-state index in [1.54, 1.807) is 20.2 Å². The van der Waals surface area contributed by atoms with Crippen molar-refractivity contribution in [2.45, 2.75) is 38.6 Å². The first-order valence-electron chi connectivity index (χ1n) is 10.2. The van der Waals surface area contributed by atoms with E-state index in [9.17, 15) is 4.39 Å². The highest BCUT2D eigenvalue weighted by Crippen LogP contribution is 2.19. The Bertz CT molecular complexity index is 797. The molecule has 0 spiro atoms. The summed E-state index contributed by atoms with van der Waals surface area (Å²) in [5, 5.41) is 6.77. The molecular formula is C23H31FN4O. The third-order valence-corrected chi connectivity index (χ3v) is 5.33. The number of guanidine groups is 1. The summed E-state index contributed by atoms with van der Waals surface area (Å²) in [6.07, 6.45) is 2.41. The number of halogens is 1. The zero-order valence-corrected chi connectivity index (χ0v) is 17.3.